The Morgan fingerprint density at radius 2 is 2.25 bits per heavy atom. The zero-order chi connectivity index (χ0) is 12.0. The van der Waals surface area contributed by atoms with Crippen molar-refractivity contribution in [1.29, 1.82) is 0 Å². The van der Waals surface area contributed by atoms with Gasteiger partial charge in [-0.1, -0.05) is 18.6 Å². The molecule has 1 aromatic rings. The smallest absolute Gasteiger partial charge is 0.0526 e. The number of rotatable bonds is 5. The molecule has 1 unspecified atom stereocenters. The van der Waals surface area contributed by atoms with Gasteiger partial charge in [-0.15, -0.1) is 0 Å². The number of hydrogen-bond donors (Lipinski definition) is 1. The molecule has 0 saturated heterocycles. The van der Waals surface area contributed by atoms with E-state index in [1.807, 2.05) is 12.4 Å². The molecule has 0 spiro atoms. The highest BCUT2D eigenvalue weighted by Crippen LogP contribution is 2.18. The second-order valence-corrected chi connectivity index (χ2v) is 4.41. The highest BCUT2D eigenvalue weighted by atomic mass is 14.9. The Balaban J connectivity index is 2.92. The molecule has 0 fully saturated rings. The van der Waals surface area contributed by atoms with Gasteiger partial charge in [0.2, 0.25) is 0 Å². The van der Waals surface area contributed by atoms with Crippen LogP contribution < -0.4 is 5.32 Å². The van der Waals surface area contributed by atoms with E-state index < -0.39 is 0 Å². The number of nitrogens with one attached hydrogen (secondary N) is 1. The number of pyridine rings is 1. The van der Waals surface area contributed by atoms with Crippen LogP contribution in [0.4, 0.5) is 0 Å². The molecular formula is C14H22N2. The van der Waals surface area contributed by atoms with E-state index in [1.54, 1.807) is 0 Å². The van der Waals surface area contributed by atoms with Crippen LogP contribution in [0, 0.1) is 6.92 Å². The summed E-state index contributed by atoms with van der Waals surface area (Å²) in [6.07, 6.45) is 7.21. The Bertz CT molecular complexity index is 352. The largest absolute Gasteiger partial charge is 0.307 e. The molecule has 0 saturated carbocycles. The molecule has 88 valence electrons. The lowest BCUT2D eigenvalue weighted by Crippen LogP contribution is -2.21. The minimum atomic E-state index is 0.290. The average molecular weight is 218 g/mol. The van der Waals surface area contributed by atoms with Gasteiger partial charge in [0.15, 0.2) is 0 Å². The summed E-state index contributed by atoms with van der Waals surface area (Å²) in [4.78, 5) is 4.21. The SMILES string of the molecule is CCCNC(C=C(C)C)c1cnccc1C. The van der Waals surface area contributed by atoms with Crippen molar-refractivity contribution in [2.45, 2.75) is 40.2 Å². The summed E-state index contributed by atoms with van der Waals surface area (Å²) in [7, 11) is 0. The maximum Gasteiger partial charge on any atom is 0.0526 e. The molecule has 1 heterocycles. The number of allylic oxidation sites excluding steroid dienone is 1. The molecule has 1 rings (SSSR count). The summed E-state index contributed by atoms with van der Waals surface area (Å²) in [5, 5.41) is 3.54. The quantitative estimate of drug-likeness (QED) is 0.766. The molecule has 0 bridgehead atoms. The standard InChI is InChI=1S/C14H22N2/c1-5-7-16-14(9-11(2)3)13-10-15-8-6-12(13)4/h6,8-10,14,16H,5,7H2,1-4H3. The first-order valence-corrected chi connectivity index (χ1v) is 5.94. The first-order chi connectivity index (χ1) is 7.65. The fourth-order valence-electron chi connectivity index (χ4n) is 1.69. The molecule has 0 aromatic carbocycles. The fraction of sp³-hybridized carbons (Fsp3) is 0.500. The molecule has 0 aliphatic heterocycles. The highest BCUT2D eigenvalue weighted by Gasteiger charge is 2.09. The van der Waals surface area contributed by atoms with E-state index in [0.717, 1.165) is 13.0 Å². The summed E-state index contributed by atoms with van der Waals surface area (Å²) in [5.41, 5.74) is 3.90. The molecule has 16 heavy (non-hydrogen) atoms. The van der Waals surface area contributed by atoms with Gasteiger partial charge in [-0.05, 0) is 50.9 Å². The monoisotopic (exact) mass is 218 g/mol. The van der Waals surface area contributed by atoms with Crippen LogP contribution in [-0.4, -0.2) is 11.5 Å². The molecule has 1 aromatic heterocycles. The minimum Gasteiger partial charge on any atom is -0.307 e. The van der Waals surface area contributed by atoms with E-state index in [-0.39, 0.29) is 0 Å². The van der Waals surface area contributed by atoms with Crippen LogP contribution in [0.2, 0.25) is 0 Å². The predicted molar refractivity (Wildman–Crippen MR) is 69.4 cm³/mol. The Labute approximate surface area is 98.8 Å². The minimum absolute atomic E-state index is 0.290. The lowest BCUT2D eigenvalue weighted by Gasteiger charge is -2.17. The summed E-state index contributed by atoms with van der Waals surface area (Å²) in [5.74, 6) is 0. The summed E-state index contributed by atoms with van der Waals surface area (Å²) in [6.45, 7) is 9.61. The Morgan fingerprint density at radius 1 is 1.50 bits per heavy atom. The molecule has 0 amide bonds. The van der Waals surface area contributed by atoms with E-state index in [1.165, 1.54) is 16.7 Å². The Kier molecular flexibility index (Phi) is 5.20. The lowest BCUT2D eigenvalue weighted by atomic mass is 10.0. The zero-order valence-electron chi connectivity index (χ0n) is 10.7. The summed E-state index contributed by atoms with van der Waals surface area (Å²) in [6, 6.07) is 2.35. The number of hydrogen-bond acceptors (Lipinski definition) is 2. The van der Waals surface area contributed by atoms with Crippen LogP contribution in [0.3, 0.4) is 0 Å². The highest BCUT2D eigenvalue weighted by molar-refractivity contribution is 5.29. The molecule has 0 radical (unpaired) electrons. The van der Waals surface area contributed by atoms with Gasteiger partial charge in [-0.3, -0.25) is 4.98 Å². The summed E-state index contributed by atoms with van der Waals surface area (Å²) < 4.78 is 0. The third-order valence-corrected chi connectivity index (χ3v) is 2.53. The van der Waals surface area contributed by atoms with Crippen molar-refractivity contribution in [1.82, 2.24) is 10.3 Å². The first-order valence-electron chi connectivity index (χ1n) is 5.94. The molecule has 2 nitrogen and oxygen atoms in total. The Morgan fingerprint density at radius 3 is 2.81 bits per heavy atom. The van der Waals surface area contributed by atoms with E-state index in [4.69, 9.17) is 0 Å². The lowest BCUT2D eigenvalue weighted by molar-refractivity contribution is 0.606. The maximum absolute atomic E-state index is 4.21. The van der Waals surface area contributed by atoms with Crippen molar-refractivity contribution in [2.24, 2.45) is 0 Å². The van der Waals surface area contributed by atoms with Gasteiger partial charge in [0.05, 0.1) is 6.04 Å². The Hall–Kier alpha value is -1.15. The van der Waals surface area contributed by atoms with E-state index in [0.29, 0.717) is 6.04 Å². The average Bonchev–Trinajstić information content (AvgIpc) is 2.24. The zero-order valence-corrected chi connectivity index (χ0v) is 10.7. The topological polar surface area (TPSA) is 24.9 Å². The van der Waals surface area contributed by atoms with E-state index in [9.17, 15) is 0 Å². The van der Waals surface area contributed by atoms with E-state index >= 15 is 0 Å². The van der Waals surface area contributed by atoms with Gasteiger partial charge in [0, 0.05) is 12.4 Å². The van der Waals surface area contributed by atoms with E-state index in [2.05, 4.69) is 50.1 Å². The molecule has 2 heteroatoms. The van der Waals surface area contributed by atoms with Crippen molar-refractivity contribution in [3.05, 3.63) is 41.2 Å². The predicted octanol–water partition coefficient (Wildman–Crippen LogP) is 3.40. The van der Waals surface area contributed by atoms with Crippen molar-refractivity contribution < 1.29 is 0 Å². The maximum atomic E-state index is 4.21. The second-order valence-electron chi connectivity index (χ2n) is 4.41. The van der Waals surface area contributed by atoms with Crippen LogP contribution in [0.25, 0.3) is 0 Å². The van der Waals surface area contributed by atoms with Gasteiger partial charge in [-0.25, -0.2) is 0 Å². The van der Waals surface area contributed by atoms with Crippen LogP contribution >= 0.6 is 0 Å². The van der Waals surface area contributed by atoms with Gasteiger partial charge in [0.1, 0.15) is 0 Å². The number of nitrogens with zero attached hydrogens (tertiary/aromatic N) is 1. The normalized spacial score (nSPS) is 12.2. The molecular weight excluding hydrogens is 196 g/mol. The number of aromatic nitrogens is 1. The number of aryl methyl sites for hydroxylation is 1. The van der Waals surface area contributed by atoms with Crippen LogP contribution in [0.15, 0.2) is 30.1 Å². The van der Waals surface area contributed by atoms with Crippen molar-refractivity contribution in [3.8, 4) is 0 Å². The van der Waals surface area contributed by atoms with Crippen molar-refractivity contribution in [2.75, 3.05) is 6.54 Å². The third kappa shape index (κ3) is 3.78. The first kappa shape index (κ1) is 12.9. The van der Waals surface area contributed by atoms with Gasteiger partial charge in [-0.2, -0.15) is 0 Å². The van der Waals surface area contributed by atoms with Crippen LogP contribution in [-0.2, 0) is 0 Å². The van der Waals surface area contributed by atoms with Crippen LogP contribution in [0.1, 0.15) is 44.4 Å². The molecule has 1 N–H and O–H groups in total. The molecule has 0 aliphatic carbocycles. The fourth-order valence-corrected chi connectivity index (χ4v) is 1.69. The van der Waals surface area contributed by atoms with Crippen LogP contribution in [0.5, 0.6) is 0 Å². The van der Waals surface area contributed by atoms with Gasteiger partial charge in [0.25, 0.3) is 0 Å². The second kappa shape index (κ2) is 6.44. The van der Waals surface area contributed by atoms with Gasteiger partial charge < -0.3 is 5.32 Å². The van der Waals surface area contributed by atoms with Crippen molar-refractivity contribution in [3.63, 3.8) is 0 Å². The molecule has 1 atom stereocenters. The van der Waals surface area contributed by atoms with Crippen molar-refractivity contribution >= 4 is 0 Å². The van der Waals surface area contributed by atoms with Gasteiger partial charge >= 0.3 is 0 Å². The molecule has 0 aliphatic rings. The third-order valence-electron chi connectivity index (χ3n) is 2.53. The summed E-state index contributed by atoms with van der Waals surface area (Å²) >= 11 is 0.